The van der Waals surface area contributed by atoms with E-state index in [1.54, 1.807) is 6.07 Å². The number of carbonyl (C=O) groups is 2. The molecule has 0 aliphatic heterocycles. The Morgan fingerprint density at radius 1 is 1.33 bits per heavy atom. The molecule has 9 heteroatoms. The number of hydrogen-bond acceptors (Lipinski definition) is 6. The molecule has 0 saturated heterocycles. The van der Waals surface area contributed by atoms with Gasteiger partial charge in [-0.2, -0.15) is 0 Å². The first-order chi connectivity index (χ1) is 9.91. The second-order valence-electron chi connectivity index (χ2n) is 4.07. The normalized spacial score (nSPS) is 11.8. The molecule has 0 aliphatic rings. The quantitative estimate of drug-likeness (QED) is 0.454. The molecule has 0 bridgehead atoms. The number of benzene rings is 1. The molecule has 0 unspecified atom stereocenters. The summed E-state index contributed by atoms with van der Waals surface area (Å²) in [6.07, 6.45) is 0. The van der Waals surface area contributed by atoms with Gasteiger partial charge in [-0.1, -0.05) is 18.2 Å². The summed E-state index contributed by atoms with van der Waals surface area (Å²) in [7, 11) is 0. The van der Waals surface area contributed by atoms with Crippen molar-refractivity contribution >= 4 is 29.4 Å². The molecule has 1 rings (SSSR count). The van der Waals surface area contributed by atoms with Gasteiger partial charge in [0.05, 0.1) is 10.7 Å². The molecule has 0 amide bonds. The molecule has 1 aromatic rings. The molecule has 0 heterocycles. The fourth-order valence-electron chi connectivity index (χ4n) is 1.55. The number of carboxylic acid groups (broad SMARTS) is 2. The molecule has 3 N–H and O–H groups in total. The molecule has 1 atom stereocenters. The van der Waals surface area contributed by atoms with Crippen LogP contribution in [0.4, 0.5) is 5.69 Å². The van der Waals surface area contributed by atoms with Crippen LogP contribution < -0.4 is 5.32 Å². The van der Waals surface area contributed by atoms with Gasteiger partial charge in [0.15, 0.2) is 0 Å². The van der Waals surface area contributed by atoms with Gasteiger partial charge in [0.2, 0.25) is 0 Å². The van der Waals surface area contributed by atoms with E-state index in [2.05, 4.69) is 5.32 Å². The second-order valence-corrected chi connectivity index (χ2v) is 5.10. The van der Waals surface area contributed by atoms with Crippen molar-refractivity contribution in [3.63, 3.8) is 0 Å². The van der Waals surface area contributed by atoms with Crippen molar-refractivity contribution in [1.82, 2.24) is 5.32 Å². The maximum Gasteiger partial charge on any atom is 0.321 e. The van der Waals surface area contributed by atoms with Gasteiger partial charge in [0, 0.05) is 23.9 Å². The molecular formula is C12H14N2O6S. The summed E-state index contributed by atoms with van der Waals surface area (Å²) >= 11 is 0.967. The van der Waals surface area contributed by atoms with Crippen molar-refractivity contribution in [3.8, 4) is 0 Å². The second kappa shape index (κ2) is 8.22. The molecule has 0 aliphatic carbocycles. The Morgan fingerprint density at radius 3 is 2.57 bits per heavy atom. The van der Waals surface area contributed by atoms with Gasteiger partial charge in [0.1, 0.15) is 6.04 Å². The standard InChI is InChI=1S/C12H14N2O6S/c15-11(16)7-21-6-9(12(17)18)13-5-8-3-1-2-4-10(8)14(19)20/h1-4,9,13H,5-7H2,(H,15,16)(H,17,18)/t9-/m0/s1. The first-order valence-electron chi connectivity index (χ1n) is 5.90. The van der Waals surface area contributed by atoms with E-state index in [0.717, 1.165) is 11.8 Å². The number of para-hydroxylation sites is 1. The summed E-state index contributed by atoms with van der Waals surface area (Å²) < 4.78 is 0. The zero-order valence-electron chi connectivity index (χ0n) is 10.9. The minimum Gasteiger partial charge on any atom is -0.481 e. The van der Waals surface area contributed by atoms with Gasteiger partial charge in [0.25, 0.3) is 5.69 Å². The SMILES string of the molecule is O=C(O)CSC[C@H](NCc1ccccc1[N+](=O)[O-])C(=O)O. The number of nitrogens with zero attached hydrogens (tertiary/aromatic N) is 1. The maximum absolute atomic E-state index is 11.1. The Morgan fingerprint density at radius 2 is 2.00 bits per heavy atom. The van der Waals surface area contributed by atoms with E-state index < -0.39 is 22.9 Å². The first-order valence-corrected chi connectivity index (χ1v) is 7.05. The molecule has 0 aromatic heterocycles. The minimum absolute atomic E-state index is 0.0156. The Labute approximate surface area is 124 Å². The molecular weight excluding hydrogens is 300 g/mol. The summed E-state index contributed by atoms with van der Waals surface area (Å²) in [6.45, 7) is 0.0156. The highest BCUT2D eigenvalue weighted by atomic mass is 32.2. The number of nitro benzene ring substituents is 1. The largest absolute Gasteiger partial charge is 0.481 e. The molecule has 1 aromatic carbocycles. The number of rotatable bonds is 9. The van der Waals surface area contributed by atoms with E-state index in [-0.39, 0.29) is 23.7 Å². The van der Waals surface area contributed by atoms with Crippen LogP contribution in [0.1, 0.15) is 5.56 Å². The minimum atomic E-state index is -1.13. The van der Waals surface area contributed by atoms with Crippen LogP contribution in [0, 0.1) is 10.1 Å². The van der Waals surface area contributed by atoms with Crippen LogP contribution >= 0.6 is 11.8 Å². The van der Waals surface area contributed by atoms with Gasteiger partial charge in [-0.15, -0.1) is 11.8 Å². The Balaban J connectivity index is 2.63. The van der Waals surface area contributed by atoms with Crippen molar-refractivity contribution in [2.75, 3.05) is 11.5 Å². The van der Waals surface area contributed by atoms with E-state index in [0.29, 0.717) is 5.56 Å². The van der Waals surface area contributed by atoms with E-state index in [9.17, 15) is 19.7 Å². The topological polar surface area (TPSA) is 130 Å². The van der Waals surface area contributed by atoms with Crippen LogP contribution in [0.2, 0.25) is 0 Å². The van der Waals surface area contributed by atoms with E-state index in [4.69, 9.17) is 10.2 Å². The Bertz CT molecular complexity index is 536. The highest BCUT2D eigenvalue weighted by Crippen LogP contribution is 2.17. The molecule has 8 nitrogen and oxygen atoms in total. The van der Waals surface area contributed by atoms with Crippen LogP contribution in [-0.2, 0) is 16.1 Å². The third-order valence-electron chi connectivity index (χ3n) is 2.54. The molecule has 0 radical (unpaired) electrons. The van der Waals surface area contributed by atoms with Crippen molar-refractivity contribution in [1.29, 1.82) is 0 Å². The van der Waals surface area contributed by atoms with Crippen molar-refractivity contribution in [2.24, 2.45) is 0 Å². The summed E-state index contributed by atoms with van der Waals surface area (Å²) in [5, 5.41) is 31.1. The zero-order chi connectivity index (χ0) is 15.8. The maximum atomic E-state index is 11.1. The predicted molar refractivity (Wildman–Crippen MR) is 76.3 cm³/mol. The summed E-state index contributed by atoms with van der Waals surface area (Å²) in [4.78, 5) is 31.7. The average molecular weight is 314 g/mol. The van der Waals surface area contributed by atoms with Crippen LogP contribution in [0.5, 0.6) is 0 Å². The van der Waals surface area contributed by atoms with Gasteiger partial charge in [-0.05, 0) is 0 Å². The summed E-state index contributed by atoms with van der Waals surface area (Å²) in [6, 6.07) is 5.05. The number of thioether (sulfide) groups is 1. The van der Waals surface area contributed by atoms with Crippen LogP contribution in [0.25, 0.3) is 0 Å². The highest BCUT2D eigenvalue weighted by molar-refractivity contribution is 8.00. The first kappa shape index (κ1) is 16.9. The molecule has 0 fully saturated rings. The van der Waals surface area contributed by atoms with Gasteiger partial charge in [-0.25, -0.2) is 0 Å². The fraction of sp³-hybridized carbons (Fsp3) is 0.333. The van der Waals surface area contributed by atoms with Gasteiger partial charge in [-0.3, -0.25) is 25.0 Å². The number of hydrogen-bond donors (Lipinski definition) is 3. The number of aliphatic carboxylic acids is 2. The fourth-order valence-corrected chi connectivity index (χ4v) is 2.34. The third kappa shape index (κ3) is 5.79. The van der Waals surface area contributed by atoms with Crippen molar-refractivity contribution < 1.29 is 24.7 Å². The monoisotopic (exact) mass is 314 g/mol. The lowest BCUT2D eigenvalue weighted by molar-refractivity contribution is -0.385. The summed E-state index contributed by atoms with van der Waals surface area (Å²) in [5.41, 5.74) is 0.282. The van der Waals surface area contributed by atoms with E-state index in [1.807, 2.05) is 0 Å². The van der Waals surface area contributed by atoms with Crippen LogP contribution in [-0.4, -0.2) is 44.6 Å². The molecule has 0 spiro atoms. The Hall–Kier alpha value is -2.13. The van der Waals surface area contributed by atoms with E-state index in [1.165, 1.54) is 18.2 Å². The van der Waals surface area contributed by atoms with Crippen LogP contribution in [0.3, 0.4) is 0 Å². The number of carboxylic acids is 2. The lowest BCUT2D eigenvalue weighted by Gasteiger charge is -2.13. The predicted octanol–water partition coefficient (Wildman–Crippen LogP) is 0.955. The zero-order valence-corrected chi connectivity index (χ0v) is 11.7. The number of nitrogens with one attached hydrogen (secondary N) is 1. The molecule has 0 saturated carbocycles. The lowest BCUT2D eigenvalue weighted by atomic mass is 10.1. The van der Waals surface area contributed by atoms with E-state index >= 15 is 0 Å². The number of nitro groups is 1. The Kier molecular flexibility index (Phi) is 6.63. The lowest BCUT2D eigenvalue weighted by Crippen LogP contribution is -2.38. The molecule has 114 valence electrons. The highest BCUT2D eigenvalue weighted by Gasteiger charge is 2.19. The summed E-state index contributed by atoms with van der Waals surface area (Å²) in [5.74, 6) is -2.30. The molecule has 21 heavy (non-hydrogen) atoms. The van der Waals surface area contributed by atoms with Crippen LogP contribution in [0.15, 0.2) is 24.3 Å². The average Bonchev–Trinajstić information content (AvgIpc) is 2.42. The van der Waals surface area contributed by atoms with Crippen molar-refractivity contribution in [2.45, 2.75) is 12.6 Å². The smallest absolute Gasteiger partial charge is 0.321 e. The van der Waals surface area contributed by atoms with Gasteiger partial charge >= 0.3 is 11.9 Å². The third-order valence-corrected chi connectivity index (χ3v) is 3.56. The van der Waals surface area contributed by atoms with Crippen molar-refractivity contribution in [3.05, 3.63) is 39.9 Å². The van der Waals surface area contributed by atoms with Gasteiger partial charge < -0.3 is 10.2 Å².